The van der Waals surface area contributed by atoms with Crippen molar-refractivity contribution in [2.24, 2.45) is 0 Å². The van der Waals surface area contributed by atoms with Gasteiger partial charge in [0, 0.05) is 12.6 Å². The molecule has 54 valence electrons. The second-order valence-corrected chi connectivity index (χ2v) is 4.96. The van der Waals surface area contributed by atoms with E-state index in [1.807, 2.05) is 11.6 Å². The van der Waals surface area contributed by atoms with E-state index in [-0.39, 0.29) is 27.3 Å². The van der Waals surface area contributed by atoms with Crippen molar-refractivity contribution < 1.29 is 26.2 Å². The van der Waals surface area contributed by atoms with Crippen LogP contribution >= 0.6 is 0 Å². The molecule has 2 nitrogen and oxygen atoms in total. The fourth-order valence-electron chi connectivity index (χ4n) is 0.472. The number of hydrogen-bond donors (Lipinski definition) is 0. The maximum atomic E-state index is 10.9. The van der Waals surface area contributed by atoms with Crippen molar-refractivity contribution >= 4 is 8.84 Å². The molecular formula is C6H15NOSiTi+4. The average molecular weight is 193 g/mol. The van der Waals surface area contributed by atoms with Crippen LogP contribution in [0.4, 0.5) is 0 Å². The predicted octanol–water partition coefficient (Wildman–Crippen LogP) is 1.26. The first-order valence-corrected chi connectivity index (χ1v) is 4.95. The van der Waals surface area contributed by atoms with Gasteiger partial charge in [-0.2, -0.15) is 0 Å². The summed E-state index contributed by atoms with van der Waals surface area (Å²) in [4.78, 5) is 0. The van der Waals surface area contributed by atoms with Crippen LogP contribution in [0.1, 0.15) is 20.8 Å². The van der Waals surface area contributed by atoms with Crippen LogP contribution in [0.25, 0.3) is 0 Å². The van der Waals surface area contributed by atoms with Crippen molar-refractivity contribution in [3.05, 3.63) is 0 Å². The van der Waals surface area contributed by atoms with E-state index >= 15 is 0 Å². The van der Waals surface area contributed by atoms with Crippen LogP contribution in [0.15, 0.2) is 0 Å². The zero-order valence-electron chi connectivity index (χ0n) is 7.36. The Balaban J connectivity index is 0. The minimum atomic E-state index is -1.49. The van der Waals surface area contributed by atoms with Gasteiger partial charge in [-0.1, -0.05) is 0 Å². The van der Waals surface area contributed by atoms with Gasteiger partial charge in [-0.15, -0.1) is 0 Å². The molecule has 0 rings (SSSR count). The maximum Gasteiger partial charge on any atom is 4.00 e. The summed E-state index contributed by atoms with van der Waals surface area (Å²) < 4.78 is 12.8. The first-order chi connectivity index (χ1) is 3.85. The SMILES string of the molecule is CN([Si](C)=O)C(C)(C)C.[Ti+4]. The monoisotopic (exact) mass is 193 g/mol. The maximum absolute atomic E-state index is 10.9. The third-order valence-corrected chi connectivity index (χ3v) is 3.09. The molecule has 0 unspecified atom stereocenters. The molecule has 0 aliphatic rings. The smallest absolute Gasteiger partial charge is 0.376 e. The summed E-state index contributed by atoms with van der Waals surface area (Å²) >= 11 is 0. The van der Waals surface area contributed by atoms with Gasteiger partial charge >= 0.3 is 30.6 Å². The first-order valence-electron chi connectivity index (χ1n) is 3.10. The third kappa shape index (κ3) is 4.36. The van der Waals surface area contributed by atoms with Crippen LogP contribution in [-0.4, -0.2) is 26.0 Å². The van der Waals surface area contributed by atoms with E-state index in [1.54, 1.807) is 6.55 Å². The second kappa shape index (κ2) is 4.42. The van der Waals surface area contributed by atoms with Gasteiger partial charge in [0.2, 0.25) is 0 Å². The molecule has 0 fully saturated rings. The summed E-state index contributed by atoms with van der Waals surface area (Å²) in [6.45, 7) is 7.92. The number of hydrogen-bond acceptors (Lipinski definition) is 1. The molecule has 0 radical (unpaired) electrons. The number of nitrogens with zero attached hydrogens (tertiary/aromatic N) is 1. The Hall–Kier alpha value is 0.531. The molecule has 0 heterocycles. The molecule has 0 aromatic heterocycles. The van der Waals surface area contributed by atoms with Gasteiger partial charge in [0.05, 0.1) is 0 Å². The average Bonchev–Trinajstić information content (AvgIpc) is 1.62. The Labute approximate surface area is 79.6 Å². The minimum Gasteiger partial charge on any atom is -0.376 e. The summed E-state index contributed by atoms with van der Waals surface area (Å²) in [7, 11) is 0.404. The normalized spacial score (nSPS) is 10.1. The van der Waals surface area contributed by atoms with Gasteiger partial charge in [-0.3, -0.25) is 0 Å². The van der Waals surface area contributed by atoms with Crippen LogP contribution in [-0.2, 0) is 26.2 Å². The first kappa shape index (κ1) is 13.1. The molecule has 0 aromatic rings. The Bertz CT molecular complexity index is 121. The molecule has 0 aromatic carbocycles. The minimum absolute atomic E-state index is 0. The summed E-state index contributed by atoms with van der Waals surface area (Å²) in [5.41, 5.74) is 0.0464. The van der Waals surface area contributed by atoms with Crippen LogP contribution in [0.3, 0.4) is 0 Å². The van der Waals surface area contributed by atoms with E-state index in [1.165, 1.54) is 0 Å². The van der Waals surface area contributed by atoms with Crippen LogP contribution in [0, 0.1) is 0 Å². The molecule has 10 heavy (non-hydrogen) atoms. The Morgan fingerprint density at radius 1 is 1.30 bits per heavy atom. The van der Waals surface area contributed by atoms with Gasteiger partial charge in [-0.25, -0.2) is 0 Å². The molecule has 0 aliphatic carbocycles. The molecule has 0 N–H and O–H groups in total. The topological polar surface area (TPSA) is 20.3 Å². The molecule has 0 atom stereocenters. The molecule has 0 amide bonds. The quantitative estimate of drug-likeness (QED) is 0.584. The van der Waals surface area contributed by atoms with E-state index in [9.17, 15) is 4.46 Å². The fraction of sp³-hybridized carbons (Fsp3) is 1.00. The zero-order chi connectivity index (χ0) is 7.65. The Morgan fingerprint density at radius 2 is 1.60 bits per heavy atom. The van der Waals surface area contributed by atoms with Crippen molar-refractivity contribution in [1.82, 2.24) is 4.57 Å². The molecule has 0 aliphatic heterocycles. The standard InChI is InChI=1S/C6H15NOSi.Ti/c1-6(2,3)7(4)9(5)8;/h1-5H3;/q;+4. The van der Waals surface area contributed by atoms with E-state index in [4.69, 9.17) is 0 Å². The van der Waals surface area contributed by atoms with Crippen LogP contribution < -0.4 is 0 Å². The molecule has 0 saturated carbocycles. The summed E-state index contributed by atoms with van der Waals surface area (Å²) in [6, 6.07) is 0. The van der Waals surface area contributed by atoms with Gasteiger partial charge < -0.3 is 9.03 Å². The van der Waals surface area contributed by atoms with Gasteiger partial charge in [0.25, 0.3) is 0 Å². The second-order valence-electron chi connectivity index (χ2n) is 3.25. The largest absolute Gasteiger partial charge is 4.00 e. The van der Waals surface area contributed by atoms with E-state index in [0.29, 0.717) is 0 Å². The molecule has 0 spiro atoms. The van der Waals surface area contributed by atoms with Crippen molar-refractivity contribution in [3.8, 4) is 0 Å². The molecular weight excluding hydrogens is 178 g/mol. The van der Waals surface area contributed by atoms with Crippen molar-refractivity contribution in [1.29, 1.82) is 0 Å². The zero-order valence-corrected chi connectivity index (χ0v) is 9.92. The summed E-state index contributed by atoms with van der Waals surface area (Å²) in [5.74, 6) is 0. The Kier molecular flexibility index (Phi) is 5.81. The van der Waals surface area contributed by atoms with Gasteiger partial charge in [-0.05, 0) is 27.3 Å². The summed E-state index contributed by atoms with van der Waals surface area (Å²) in [5, 5.41) is 0. The van der Waals surface area contributed by atoms with Crippen LogP contribution in [0.5, 0.6) is 0 Å². The van der Waals surface area contributed by atoms with Gasteiger partial charge in [0.15, 0.2) is 0 Å². The molecule has 0 bridgehead atoms. The van der Waals surface area contributed by atoms with Gasteiger partial charge in [0.1, 0.15) is 0 Å². The van der Waals surface area contributed by atoms with Crippen molar-refractivity contribution in [2.75, 3.05) is 7.05 Å². The predicted molar refractivity (Wildman–Crippen MR) is 39.8 cm³/mol. The van der Waals surface area contributed by atoms with E-state index in [0.717, 1.165) is 0 Å². The van der Waals surface area contributed by atoms with Crippen molar-refractivity contribution in [3.63, 3.8) is 0 Å². The van der Waals surface area contributed by atoms with Crippen LogP contribution in [0.2, 0.25) is 6.55 Å². The van der Waals surface area contributed by atoms with E-state index < -0.39 is 8.84 Å². The molecule has 4 heteroatoms. The summed E-state index contributed by atoms with van der Waals surface area (Å²) in [6.07, 6.45) is 0. The van der Waals surface area contributed by atoms with Crippen molar-refractivity contribution in [2.45, 2.75) is 32.9 Å². The Morgan fingerprint density at radius 3 is 1.60 bits per heavy atom. The third-order valence-electron chi connectivity index (χ3n) is 1.48. The number of rotatable bonds is 1. The molecule has 0 saturated heterocycles. The van der Waals surface area contributed by atoms with E-state index in [2.05, 4.69) is 20.8 Å². The fourth-order valence-corrected chi connectivity index (χ4v) is 1.42.